The van der Waals surface area contributed by atoms with E-state index in [1.807, 2.05) is 0 Å². The summed E-state index contributed by atoms with van der Waals surface area (Å²) in [7, 11) is 1.17. The van der Waals surface area contributed by atoms with E-state index < -0.39 is 52.9 Å². The molecule has 0 bridgehead atoms. The minimum atomic E-state index is -5.06. The Balaban J connectivity index is 1.66. The number of hydrogen-bond acceptors (Lipinski definition) is 3. The Morgan fingerprint density at radius 2 is 1.57 bits per heavy atom. The molecule has 5 nitrogen and oxygen atoms in total. The highest BCUT2D eigenvalue weighted by Gasteiger charge is 2.37. The molecular formula is C28H19F7N2O3. The van der Waals surface area contributed by atoms with Gasteiger partial charge < -0.3 is 14.2 Å². The highest BCUT2D eigenvalue weighted by Crippen LogP contribution is 2.38. The molecule has 4 aromatic rings. The van der Waals surface area contributed by atoms with E-state index in [1.165, 1.54) is 23.7 Å². The van der Waals surface area contributed by atoms with E-state index in [0.29, 0.717) is 34.3 Å². The summed E-state index contributed by atoms with van der Waals surface area (Å²) in [6, 6.07) is 11.0. The van der Waals surface area contributed by atoms with Crippen molar-refractivity contribution in [3.8, 4) is 16.9 Å². The summed E-state index contributed by atoms with van der Waals surface area (Å²) in [5, 5.41) is 0.429. The standard InChI is InChI=1S/C28H19F7N2O3/c1-36(14-15-11-17(27(30,31)32)13-18(12-15)28(33,34)35)25(38)23-22(16-5-7-19(29)8-6-16)20-3-2-4-21-24(20)37(26(23)39)9-10-40-21/h2-8,11-13H,9-10,14H2,1H3. The van der Waals surface area contributed by atoms with Crippen LogP contribution < -0.4 is 10.3 Å². The Hall–Kier alpha value is -4.35. The molecule has 0 fully saturated rings. The molecule has 0 saturated carbocycles. The Morgan fingerprint density at radius 1 is 0.950 bits per heavy atom. The van der Waals surface area contributed by atoms with Crippen LogP contribution in [0.2, 0.25) is 0 Å². The van der Waals surface area contributed by atoms with Crippen molar-refractivity contribution in [1.82, 2.24) is 9.47 Å². The number of para-hydroxylation sites is 1. The Kier molecular flexibility index (Phi) is 6.59. The van der Waals surface area contributed by atoms with Crippen molar-refractivity contribution in [2.45, 2.75) is 25.4 Å². The minimum absolute atomic E-state index is 0.00189. The molecule has 1 aromatic heterocycles. The van der Waals surface area contributed by atoms with Crippen LogP contribution in [0.25, 0.3) is 22.0 Å². The SMILES string of the molecule is CN(Cc1cc(C(F)(F)F)cc(C(F)(F)F)c1)C(=O)c1c(-c2ccc(F)cc2)c2cccc3c2n(c1=O)CCO3. The van der Waals surface area contributed by atoms with Gasteiger partial charge in [0.2, 0.25) is 0 Å². The van der Waals surface area contributed by atoms with Crippen molar-refractivity contribution < 1.29 is 40.3 Å². The molecule has 12 heteroatoms. The van der Waals surface area contributed by atoms with Gasteiger partial charge in [-0.3, -0.25) is 9.59 Å². The van der Waals surface area contributed by atoms with Gasteiger partial charge in [-0.15, -0.1) is 0 Å². The number of benzene rings is 3. The maximum Gasteiger partial charge on any atom is 0.416 e. The molecule has 1 aliphatic heterocycles. The van der Waals surface area contributed by atoms with Crippen LogP contribution in [0.1, 0.15) is 27.0 Å². The molecule has 5 rings (SSSR count). The van der Waals surface area contributed by atoms with Crippen LogP contribution >= 0.6 is 0 Å². The van der Waals surface area contributed by atoms with Crippen LogP contribution in [-0.4, -0.2) is 29.0 Å². The van der Waals surface area contributed by atoms with Gasteiger partial charge in [0.05, 0.1) is 23.2 Å². The van der Waals surface area contributed by atoms with Crippen molar-refractivity contribution in [3.63, 3.8) is 0 Å². The minimum Gasteiger partial charge on any atom is -0.490 e. The number of ether oxygens (including phenoxy) is 1. The number of hydrogen-bond donors (Lipinski definition) is 0. The van der Waals surface area contributed by atoms with Gasteiger partial charge in [-0.1, -0.05) is 24.3 Å². The highest BCUT2D eigenvalue weighted by atomic mass is 19.4. The van der Waals surface area contributed by atoms with Crippen LogP contribution in [-0.2, 0) is 25.4 Å². The highest BCUT2D eigenvalue weighted by molar-refractivity contribution is 6.09. The van der Waals surface area contributed by atoms with Gasteiger partial charge >= 0.3 is 12.4 Å². The first-order valence-electron chi connectivity index (χ1n) is 11.9. The molecule has 0 atom stereocenters. The van der Waals surface area contributed by atoms with Crippen molar-refractivity contribution in [3.05, 3.63) is 99.1 Å². The average Bonchev–Trinajstić information content (AvgIpc) is 2.89. The third kappa shape index (κ3) is 4.89. The zero-order valence-corrected chi connectivity index (χ0v) is 20.7. The van der Waals surface area contributed by atoms with Gasteiger partial charge in [0, 0.05) is 24.5 Å². The second-order valence-electron chi connectivity index (χ2n) is 9.29. The first-order valence-corrected chi connectivity index (χ1v) is 11.9. The summed E-state index contributed by atoms with van der Waals surface area (Å²) in [6.45, 7) is -0.423. The second kappa shape index (κ2) is 9.68. The molecule has 0 saturated heterocycles. The van der Waals surface area contributed by atoms with Crippen LogP contribution in [0.4, 0.5) is 30.7 Å². The number of nitrogens with zero attached hydrogens (tertiary/aromatic N) is 2. The molecule has 0 spiro atoms. The summed E-state index contributed by atoms with van der Waals surface area (Å²) >= 11 is 0. The lowest BCUT2D eigenvalue weighted by Crippen LogP contribution is -2.37. The first-order chi connectivity index (χ1) is 18.8. The molecule has 0 unspecified atom stereocenters. The Morgan fingerprint density at radius 3 is 2.17 bits per heavy atom. The molecular weight excluding hydrogens is 545 g/mol. The van der Waals surface area contributed by atoms with Crippen LogP contribution in [0, 0.1) is 5.82 Å². The third-order valence-corrected chi connectivity index (χ3v) is 6.58. The smallest absolute Gasteiger partial charge is 0.416 e. The number of alkyl halides is 6. The molecule has 1 amide bonds. The van der Waals surface area contributed by atoms with E-state index in [0.717, 1.165) is 17.0 Å². The molecule has 40 heavy (non-hydrogen) atoms. The van der Waals surface area contributed by atoms with E-state index in [1.54, 1.807) is 18.2 Å². The van der Waals surface area contributed by atoms with E-state index in [2.05, 4.69) is 0 Å². The lowest BCUT2D eigenvalue weighted by molar-refractivity contribution is -0.143. The lowest BCUT2D eigenvalue weighted by Gasteiger charge is -2.25. The zero-order valence-electron chi connectivity index (χ0n) is 20.7. The van der Waals surface area contributed by atoms with Crippen molar-refractivity contribution in [2.75, 3.05) is 13.7 Å². The number of aromatic nitrogens is 1. The third-order valence-electron chi connectivity index (χ3n) is 6.58. The van der Waals surface area contributed by atoms with Crippen molar-refractivity contribution in [2.24, 2.45) is 0 Å². The van der Waals surface area contributed by atoms with Crippen molar-refractivity contribution >= 4 is 16.8 Å². The molecule has 2 heterocycles. The first kappa shape index (κ1) is 27.2. The molecule has 0 aliphatic carbocycles. The maximum atomic E-state index is 13.8. The summed E-state index contributed by atoms with van der Waals surface area (Å²) in [6.07, 6.45) is -10.1. The topological polar surface area (TPSA) is 51.5 Å². The van der Waals surface area contributed by atoms with Crippen LogP contribution in [0.15, 0.2) is 65.5 Å². The van der Waals surface area contributed by atoms with E-state index in [9.17, 15) is 40.3 Å². The molecule has 0 radical (unpaired) electrons. The maximum absolute atomic E-state index is 13.8. The Bertz CT molecular complexity index is 1660. The Labute approximate surface area is 222 Å². The number of amides is 1. The summed E-state index contributed by atoms with van der Waals surface area (Å²) < 4.78 is 101. The molecule has 1 aliphatic rings. The van der Waals surface area contributed by atoms with E-state index in [4.69, 9.17) is 4.74 Å². The predicted octanol–water partition coefficient (Wildman–Crippen LogP) is 6.51. The van der Waals surface area contributed by atoms with Gasteiger partial charge in [0.1, 0.15) is 23.7 Å². The number of halogens is 7. The van der Waals surface area contributed by atoms with Gasteiger partial charge in [-0.2, -0.15) is 26.3 Å². The fourth-order valence-electron chi connectivity index (χ4n) is 4.82. The average molecular weight is 564 g/mol. The molecule has 3 aromatic carbocycles. The van der Waals surface area contributed by atoms with Gasteiger partial charge in [0.25, 0.3) is 11.5 Å². The fraction of sp³-hybridized carbons (Fsp3) is 0.214. The molecule has 0 N–H and O–H groups in total. The fourth-order valence-corrected chi connectivity index (χ4v) is 4.82. The summed E-state index contributed by atoms with van der Waals surface area (Å²) in [4.78, 5) is 28.4. The summed E-state index contributed by atoms with van der Waals surface area (Å²) in [5.41, 5.74) is -3.70. The van der Waals surface area contributed by atoms with Crippen LogP contribution in [0.3, 0.4) is 0 Å². The molecule has 208 valence electrons. The number of carbonyl (C=O) groups is 1. The van der Waals surface area contributed by atoms with Gasteiger partial charge in [-0.25, -0.2) is 4.39 Å². The zero-order chi connectivity index (χ0) is 29.0. The van der Waals surface area contributed by atoms with Crippen LogP contribution in [0.5, 0.6) is 5.75 Å². The van der Waals surface area contributed by atoms with Gasteiger partial charge in [0.15, 0.2) is 0 Å². The quantitative estimate of drug-likeness (QED) is 0.266. The number of rotatable bonds is 4. The predicted molar refractivity (Wildman–Crippen MR) is 131 cm³/mol. The number of pyridine rings is 1. The normalized spacial score (nSPS) is 13.3. The second-order valence-corrected chi connectivity index (χ2v) is 9.29. The summed E-state index contributed by atoms with van der Waals surface area (Å²) in [5.74, 6) is -1.11. The van der Waals surface area contributed by atoms with E-state index in [-0.39, 0.29) is 30.3 Å². The largest absolute Gasteiger partial charge is 0.490 e. The van der Waals surface area contributed by atoms with E-state index >= 15 is 0 Å². The monoisotopic (exact) mass is 564 g/mol. The van der Waals surface area contributed by atoms with Gasteiger partial charge in [-0.05, 0) is 47.5 Å². The lowest BCUT2D eigenvalue weighted by atomic mass is 9.94. The van der Waals surface area contributed by atoms with Crippen molar-refractivity contribution in [1.29, 1.82) is 0 Å². The number of carbonyl (C=O) groups excluding carboxylic acids is 1.